The van der Waals surface area contributed by atoms with E-state index in [4.69, 9.17) is 33.2 Å². The molecule has 1 saturated heterocycles. The van der Waals surface area contributed by atoms with Crippen LogP contribution in [-0.4, -0.2) is 47.0 Å². The molecule has 152 valence electrons. The number of aryl methyl sites for hydroxylation is 3. The fourth-order valence-electron chi connectivity index (χ4n) is 3.59. The summed E-state index contributed by atoms with van der Waals surface area (Å²) in [6.07, 6.45) is 0.800. The van der Waals surface area contributed by atoms with Crippen molar-refractivity contribution in [3.05, 3.63) is 50.1 Å². The molecule has 8 heteroatoms. The van der Waals surface area contributed by atoms with E-state index in [2.05, 4.69) is 25.7 Å². The van der Waals surface area contributed by atoms with Gasteiger partial charge >= 0.3 is 0 Å². The van der Waals surface area contributed by atoms with Crippen molar-refractivity contribution in [1.29, 1.82) is 0 Å². The third kappa shape index (κ3) is 3.81. The molecular formula is C21H22Cl2N4OS. The molecule has 5 nitrogen and oxygen atoms in total. The lowest BCUT2D eigenvalue weighted by Gasteiger charge is -2.36. The van der Waals surface area contributed by atoms with Crippen LogP contribution in [0.15, 0.2) is 18.2 Å². The summed E-state index contributed by atoms with van der Waals surface area (Å²) in [5.74, 6) is 1.84. The average molecular weight is 449 g/mol. The van der Waals surface area contributed by atoms with Gasteiger partial charge in [0.1, 0.15) is 16.5 Å². The minimum Gasteiger partial charge on any atom is -0.352 e. The maximum absolute atomic E-state index is 12.9. The summed E-state index contributed by atoms with van der Waals surface area (Å²) in [7, 11) is 0. The first kappa shape index (κ1) is 20.4. The topological polar surface area (TPSA) is 49.3 Å². The number of halogens is 2. The van der Waals surface area contributed by atoms with Crippen molar-refractivity contribution in [3.8, 4) is 0 Å². The van der Waals surface area contributed by atoms with E-state index < -0.39 is 0 Å². The highest BCUT2D eigenvalue weighted by Gasteiger charge is 2.26. The summed E-state index contributed by atoms with van der Waals surface area (Å²) >= 11 is 13.8. The smallest absolute Gasteiger partial charge is 0.254 e. The Bertz CT molecular complexity index is 1090. The van der Waals surface area contributed by atoms with Gasteiger partial charge in [-0.15, -0.1) is 11.3 Å². The highest BCUT2D eigenvalue weighted by molar-refractivity contribution is 7.18. The Kier molecular flexibility index (Phi) is 5.69. The van der Waals surface area contributed by atoms with Crippen LogP contribution in [0, 0.1) is 13.8 Å². The molecular weight excluding hydrogens is 427 g/mol. The monoisotopic (exact) mass is 448 g/mol. The van der Waals surface area contributed by atoms with E-state index in [-0.39, 0.29) is 5.91 Å². The maximum atomic E-state index is 12.9. The molecule has 1 aliphatic rings. The van der Waals surface area contributed by atoms with Crippen molar-refractivity contribution >= 4 is 56.5 Å². The van der Waals surface area contributed by atoms with Gasteiger partial charge in [-0.2, -0.15) is 0 Å². The molecule has 0 atom stereocenters. The van der Waals surface area contributed by atoms with Gasteiger partial charge in [-0.3, -0.25) is 4.79 Å². The van der Waals surface area contributed by atoms with Gasteiger partial charge in [-0.25, -0.2) is 9.97 Å². The Hall–Kier alpha value is -1.89. The number of thiophene rings is 1. The first-order valence-corrected chi connectivity index (χ1v) is 11.2. The summed E-state index contributed by atoms with van der Waals surface area (Å²) in [6.45, 7) is 9.07. The van der Waals surface area contributed by atoms with Crippen molar-refractivity contribution in [2.24, 2.45) is 0 Å². The number of anilines is 1. The number of carbonyl (C=O) groups is 1. The van der Waals surface area contributed by atoms with E-state index in [0.717, 1.165) is 41.4 Å². The second kappa shape index (κ2) is 8.09. The number of aromatic nitrogens is 2. The molecule has 1 fully saturated rings. The predicted octanol–water partition coefficient (Wildman–Crippen LogP) is 5.14. The summed E-state index contributed by atoms with van der Waals surface area (Å²) in [4.78, 5) is 28.9. The van der Waals surface area contributed by atoms with E-state index in [0.29, 0.717) is 28.7 Å². The normalized spacial score (nSPS) is 14.7. The van der Waals surface area contributed by atoms with Crippen LogP contribution in [0.5, 0.6) is 0 Å². The molecule has 2 aromatic heterocycles. The molecule has 1 aliphatic heterocycles. The first-order chi connectivity index (χ1) is 13.9. The third-order valence-corrected chi connectivity index (χ3v) is 7.25. The third-order valence-electron chi connectivity index (χ3n) is 5.41. The summed E-state index contributed by atoms with van der Waals surface area (Å²) in [5, 5.41) is 2.00. The van der Waals surface area contributed by atoms with Crippen LogP contribution in [0.25, 0.3) is 10.2 Å². The molecule has 0 spiro atoms. The highest BCUT2D eigenvalue weighted by atomic mass is 35.5. The number of hydrogen-bond donors (Lipinski definition) is 0. The lowest BCUT2D eigenvalue weighted by Crippen LogP contribution is -2.49. The van der Waals surface area contributed by atoms with Gasteiger partial charge < -0.3 is 9.80 Å². The van der Waals surface area contributed by atoms with Gasteiger partial charge in [0.2, 0.25) is 0 Å². The Morgan fingerprint density at radius 2 is 1.83 bits per heavy atom. The van der Waals surface area contributed by atoms with Crippen LogP contribution in [0.3, 0.4) is 0 Å². The van der Waals surface area contributed by atoms with Crippen molar-refractivity contribution in [2.75, 3.05) is 31.1 Å². The van der Waals surface area contributed by atoms with Gasteiger partial charge in [0.15, 0.2) is 0 Å². The van der Waals surface area contributed by atoms with Gasteiger partial charge in [-0.05, 0) is 37.6 Å². The zero-order chi connectivity index (χ0) is 20.7. The molecule has 0 radical (unpaired) electrons. The SMILES string of the molecule is CCc1nc(N2CCN(C(=O)c3ccc(Cl)c(Cl)c3)CC2)c2c(C)c(C)sc2n1. The van der Waals surface area contributed by atoms with Crippen molar-refractivity contribution in [3.63, 3.8) is 0 Å². The standard InChI is InChI=1S/C21H22Cl2N4OS/c1-4-17-24-19(18-12(2)13(3)29-20(18)25-17)26-7-9-27(10-8-26)21(28)14-5-6-15(22)16(23)11-14/h5-6,11H,4,7-10H2,1-3H3. The predicted molar refractivity (Wildman–Crippen MR) is 121 cm³/mol. The van der Waals surface area contributed by atoms with Crippen molar-refractivity contribution in [1.82, 2.24) is 14.9 Å². The molecule has 1 amide bonds. The second-order valence-electron chi connectivity index (χ2n) is 7.19. The van der Waals surface area contributed by atoms with E-state index in [9.17, 15) is 4.79 Å². The number of benzene rings is 1. The number of piperazine rings is 1. The Morgan fingerprint density at radius 3 is 2.48 bits per heavy atom. The van der Waals surface area contributed by atoms with Crippen molar-refractivity contribution < 1.29 is 4.79 Å². The van der Waals surface area contributed by atoms with Gasteiger partial charge in [0.05, 0.1) is 15.4 Å². The molecule has 0 saturated carbocycles. The number of carbonyl (C=O) groups excluding carboxylic acids is 1. The van der Waals surface area contributed by atoms with Gasteiger partial charge in [0, 0.05) is 43.0 Å². The largest absolute Gasteiger partial charge is 0.352 e. The Morgan fingerprint density at radius 1 is 1.10 bits per heavy atom. The fraction of sp³-hybridized carbons (Fsp3) is 0.381. The quantitative estimate of drug-likeness (QED) is 0.556. The summed E-state index contributed by atoms with van der Waals surface area (Å²) < 4.78 is 0. The van der Waals surface area contributed by atoms with E-state index in [1.54, 1.807) is 29.5 Å². The number of amides is 1. The number of fused-ring (bicyclic) bond motifs is 1. The van der Waals surface area contributed by atoms with Gasteiger partial charge in [0.25, 0.3) is 5.91 Å². The molecule has 29 heavy (non-hydrogen) atoms. The Balaban J connectivity index is 1.57. The molecule has 0 aliphatic carbocycles. The average Bonchev–Trinajstić information content (AvgIpc) is 3.02. The van der Waals surface area contributed by atoms with Crippen LogP contribution < -0.4 is 4.90 Å². The minimum atomic E-state index is -0.0205. The lowest BCUT2D eigenvalue weighted by molar-refractivity contribution is 0.0746. The number of rotatable bonds is 3. The minimum absolute atomic E-state index is 0.0205. The Labute approximate surface area is 184 Å². The van der Waals surface area contributed by atoms with Crippen molar-refractivity contribution in [2.45, 2.75) is 27.2 Å². The van der Waals surface area contributed by atoms with Gasteiger partial charge in [-0.1, -0.05) is 30.1 Å². The van der Waals surface area contributed by atoms with E-state index in [1.165, 1.54) is 10.4 Å². The van der Waals surface area contributed by atoms with E-state index >= 15 is 0 Å². The lowest BCUT2D eigenvalue weighted by atomic mass is 10.1. The molecule has 1 aromatic carbocycles. The molecule has 3 heterocycles. The summed E-state index contributed by atoms with van der Waals surface area (Å²) in [6, 6.07) is 5.03. The maximum Gasteiger partial charge on any atom is 0.254 e. The molecule has 4 rings (SSSR count). The van der Waals surface area contributed by atoms with Crippen LogP contribution in [0.4, 0.5) is 5.82 Å². The first-order valence-electron chi connectivity index (χ1n) is 9.65. The van der Waals surface area contributed by atoms with E-state index in [1.807, 2.05) is 4.90 Å². The molecule has 0 N–H and O–H groups in total. The highest BCUT2D eigenvalue weighted by Crippen LogP contribution is 2.35. The molecule has 0 bridgehead atoms. The van der Waals surface area contributed by atoms with Crippen LogP contribution in [0.1, 0.15) is 33.5 Å². The number of nitrogens with zero attached hydrogens (tertiary/aromatic N) is 4. The fourth-order valence-corrected chi connectivity index (χ4v) is 4.93. The molecule has 3 aromatic rings. The second-order valence-corrected chi connectivity index (χ2v) is 9.21. The van der Waals surface area contributed by atoms with Crippen LogP contribution in [0.2, 0.25) is 10.0 Å². The zero-order valence-corrected chi connectivity index (χ0v) is 19.0. The summed E-state index contributed by atoms with van der Waals surface area (Å²) in [5.41, 5.74) is 1.81. The zero-order valence-electron chi connectivity index (χ0n) is 16.6. The number of hydrogen-bond acceptors (Lipinski definition) is 5. The van der Waals surface area contributed by atoms with Crippen LogP contribution in [-0.2, 0) is 6.42 Å². The van der Waals surface area contributed by atoms with Crippen LogP contribution >= 0.6 is 34.5 Å². The molecule has 0 unspecified atom stereocenters.